The second-order valence-corrected chi connectivity index (χ2v) is 31.4. The van der Waals surface area contributed by atoms with Crippen molar-refractivity contribution in [3.8, 4) is 0 Å². The maximum Gasteiger partial charge on any atom is 0.472 e. The van der Waals surface area contributed by atoms with Gasteiger partial charge < -0.3 is 33.8 Å². The summed E-state index contributed by atoms with van der Waals surface area (Å²) in [5.74, 6) is -0.692. The van der Waals surface area contributed by atoms with Crippen LogP contribution in [0.4, 0.5) is 0 Å². The molecule has 0 aliphatic heterocycles. The van der Waals surface area contributed by atoms with Gasteiger partial charge in [-0.15, -0.1) is 0 Å². The lowest BCUT2D eigenvalue weighted by Crippen LogP contribution is -2.30. The Morgan fingerprint density at radius 3 is 0.792 bits per heavy atom. The summed E-state index contributed by atoms with van der Waals surface area (Å²) in [5.41, 5.74) is 0. The minimum absolute atomic E-state index is 0.103. The third-order valence-electron chi connectivity index (χ3n) is 18.3. The van der Waals surface area contributed by atoms with Gasteiger partial charge >= 0.3 is 39.5 Å². The van der Waals surface area contributed by atoms with Crippen molar-refractivity contribution in [1.29, 1.82) is 0 Å². The molecule has 0 bridgehead atoms. The maximum absolute atomic E-state index is 13.1. The number of aliphatic hydroxyl groups excluding tert-OH is 1. The van der Waals surface area contributed by atoms with Gasteiger partial charge in [-0.05, 0) is 37.5 Å². The molecule has 0 aromatic carbocycles. The molecule has 0 spiro atoms. The van der Waals surface area contributed by atoms with Crippen molar-refractivity contribution in [1.82, 2.24) is 0 Å². The Labute approximate surface area is 588 Å². The van der Waals surface area contributed by atoms with Crippen LogP contribution in [-0.4, -0.2) is 96.7 Å². The molecule has 0 heterocycles. The topological polar surface area (TPSA) is 237 Å². The van der Waals surface area contributed by atoms with Gasteiger partial charge in [0, 0.05) is 25.7 Å². The Morgan fingerprint density at radius 1 is 0.302 bits per heavy atom. The number of ether oxygens (including phenoxy) is 4. The molecular formula is C77H150O17P2. The highest BCUT2D eigenvalue weighted by Gasteiger charge is 2.30. The molecule has 0 rings (SSSR count). The number of rotatable bonds is 76. The number of unbranched alkanes of at least 4 members (excludes halogenated alkanes) is 45. The molecule has 0 saturated carbocycles. The van der Waals surface area contributed by atoms with Crippen LogP contribution in [0.15, 0.2) is 0 Å². The number of hydrogen-bond donors (Lipinski definition) is 3. The van der Waals surface area contributed by atoms with Gasteiger partial charge in [-0.3, -0.25) is 37.3 Å². The SMILES string of the molecule is CCCCCCCCCCCCCCCCCCCCC(=O)OC[C@H](COP(=O)(O)OC[C@@H](O)COP(=O)(O)OC[C@@H](COC(=O)CCCCCCCCC(C)CC)OC(=O)CCCCCCCCCC(C)C)OC(=O)CCCCCCCCCCCCCCCCCCCC. The number of aliphatic hydroxyl groups is 1. The minimum atomic E-state index is -4.96. The summed E-state index contributed by atoms with van der Waals surface area (Å²) in [6.45, 7) is 9.50. The fourth-order valence-electron chi connectivity index (χ4n) is 11.8. The molecule has 3 N–H and O–H groups in total. The zero-order valence-corrected chi connectivity index (χ0v) is 64.5. The zero-order chi connectivity index (χ0) is 70.7. The van der Waals surface area contributed by atoms with Gasteiger partial charge in [-0.2, -0.15) is 0 Å². The average Bonchev–Trinajstić information content (AvgIpc) is 3.79. The number of hydrogen-bond acceptors (Lipinski definition) is 15. The smallest absolute Gasteiger partial charge is 0.462 e. The standard InChI is InChI=1S/C77H150O17P2/c1-7-10-12-14-16-18-20-22-24-26-28-30-32-34-36-40-47-53-59-74(79)87-65-72(93-76(81)61-55-49-41-37-35-33-31-29-27-25-23-21-19-17-15-13-11-8-2)67-91-95(83,84)89-63-71(78)64-90-96(85,86)92-68-73(94-77(82)62-56-50-42-38-39-45-51-57-69(4)5)66-88-75(80)60-54-48-44-43-46-52-58-70(6)9-3/h69-73,78H,7-68H2,1-6H3,(H,83,84)(H,85,86)/t70?,71-,72-,73-/m1/s1. The molecule has 0 aliphatic carbocycles. The van der Waals surface area contributed by atoms with Crippen LogP contribution in [0.5, 0.6) is 0 Å². The predicted octanol–water partition coefficient (Wildman–Crippen LogP) is 22.7. The third-order valence-corrected chi connectivity index (χ3v) is 20.2. The van der Waals surface area contributed by atoms with Gasteiger partial charge in [0.25, 0.3) is 0 Å². The van der Waals surface area contributed by atoms with Crippen molar-refractivity contribution in [2.75, 3.05) is 39.6 Å². The van der Waals surface area contributed by atoms with Crippen molar-refractivity contribution in [3.63, 3.8) is 0 Å². The normalized spacial score (nSPS) is 14.3. The van der Waals surface area contributed by atoms with Crippen LogP contribution in [0.2, 0.25) is 0 Å². The molecular weight excluding hydrogens is 1260 g/mol. The molecule has 0 saturated heterocycles. The molecule has 3 unspecified atom stereocenters. The quantitative estimate of drug-likeness (QED) is 0.0222. The van der Waals surface area contributed by atoms with E-state index in [2.05, 4.69) is 41.5 Å². The van der Waals surface area contributed by atoms with E-state index in [-0.39, 0.29) is 25.7 Å². The van der Waals surface area contributed by atoms with Crippen LogP contribution in [0.25, 0.3) is 0 Å². The van der Waals surface area contributed by atoms with E-state index in [1.807, 2.05) is 0 Å². The highest BCUT2D eigenvalue weighted by atomic mass is 31.2. The molecule has 0 aromatic heterocycles. The van der Waals surface area contributed by atoms with E-state index in [4.69, 9.17) is 37.0 Å². The third kappa shape index (κ3) is 69.2. The second-order valence-electron chi connectivity index (χ2n) is 28.5. The van der Waals surface area contributed by atoms with Crippen molar-refractivity contribution in [3.05, 3.63) is 0 Å². The van der Waals surface area contributed by atoms with Crippen molar-refractivity contribution in [2.45, 2.75) is 419 Å². The number of esters is 4. The molecule has 570 valence electrons. The number of carbonyl (C=O) groups is 4. The minimum Gasteiger partial charge on any atom is -0.462 e. The monoisotopic (exact) mass is 1410 g/mol. The van der Waals surface area contributed by atoms with Gasteiger partial charge in [0.1, 0.15) is 19.3 Å². The second kappa shape index (κ2) is 68.8. The summed E-state index contributed by atoms with van der Waals surface area (Å²) in [6.07, 6.45) is 57.1. The molecule has 0 aromatic rings. The van der Waals surface area contributed by atoms with E-state index >= 15 is 0 Å². The van der Waals surface area contributed by atoms with Crippen molar-refractivity contribution in [2.24, 2.45) is 11.8 Å². The lowest BCUT2D eigenvalue weighted by atomic mass is 10.00. The molecule has 0 fully saturated rings. The number of carbonyl (C=O) groups excluding carboxylic acids is 4. The van der Waals surface area contributed by atoms with Crippen molar-refractivity contribution >= 4 is 39.5 Å². The number of phosphoric ester groups is 2. The van der Waals surface area contributed by atoms with Gasteiger partial charge in [0.15, 0.2) is 12.2 Å². The summed E-state index contributed by atoms with van der Waals surface area (Å²) < 4.78 is 68.5. The predicted molar refractivity (Wildman–Crippen MR) is 391 cm³/mol. The molecule has 19 heteroatoms. The first kappa shape index (κ1) is 94.1. The lowest BCUT2D eigenvalue weighted by Gasteiger charge is -2.21. The molecule has 96 heavy (non-hydrogen) atoms. The first-order valence-electron chi connectivity index (χ1n) is 40.0. The Kier molecular flexibility index (Phi) is 67.4. The molecule has 0 aliphatic rings. The van der Waals surface area contributed by atoms with E-state index in [1.165, 1.54) is 212 Å². The van der Waals surface area contributed by atoms with E-state index in [1.54, 1.807) is 0 Å². The summed E-state index contributed by atoms with van der Waals surface area (Å²) in [7, 11) is -9.91. The lowest BCUT2D eigenvalue weighted by molar-refractivity contribution is -0.161. The average molecular weight is 1410 g/mol. The van der Waals surface area contributed by atoms with Gasteiger partial charge in [-0.25, -0.2) is 9.13 Å². The molecule has 17 nitrogen and oxygen atoms in total. The van der Waals surface area contributed by atoms with E-state index < -0.39 is 97.5 Å². The van der Waals surface area contributed by atoms with Crippen LogP contribution in [0, 0.1) is 11.8 Å². The van der Waals surface area contributed by atoms with Crippen LogP contribution in [0.3, 0.4) is 0 Å². The van der Waals surface area contributed by atoms with E-state index in [0.717, 1.165) is 102 Å². The largest absolute Gasteiger partial charge is 0.472 e. The number of phosphoric acid groups is 2. The summed E-state index contributed by atoms with van der Waals surface area (Å²) >= 11 is 0. The fourth-order valence-corrected chi connectivity index (χ4v) is 13.4. The van der Waals surface area contributed by atoms with Crippen LogP contribution in [-0.2, 0) is 65.4 Å². The van der Waals surface area contributed by atoms with Crippen LogP contribution in [0.1, 0.15) is 401 Å². The molecule has 0 amide bonds. The summed E-state index contributed by atoms with van der Waals surface area (Å²) in [4.78, 5) is 72.8. The highest BCUT2D eigenvalue weighted by molar-refractivity contribution is 7.47. The zero-order valence-electron chi connectivity index (χ0n) is 62.7. The molecule has 6 atom stereocenters. The Balaban J connectivity index is 5.21. The maximum atomic E-state index is 13.1. The first-order valence-corrected chi connectivity index (χ1v) is 43.0. The summed E-state index contributed by atoms with van der Waals surface area (Å²) in [6, 6.07) is 0. The van der Waals surface area contributed by atoms with Gasteiger partial charge in [0.05, 0.1) is 26.4 Å². The highest BCUT2D eigenvalue weighted by Crippen LogP contribution is 2.45. The molecule has 0 radical (unpaired) electrons. The van der Waals surface area contributed by atoms with Crippen molar-refractivity contribution < 1.29 is 80.2 Å². The van der Waals surface area contributed by atoms with Gasteiger partial charge in [0.2, 0.25) is 0 Å². The Morgan fingerprint density at radius 2 is 0.531 bits per heavy atom. The van der Waals surface area contributed by atoms with Gasteiger partial charge in [-0.1, -0.05) is 350 Å². The van der Waals surface area contributed by atoms with Crippen LogP contribution < -0.4 is 0 Å². The van der Waals surface area contributed by atoms with E-state index in [9.17, 15) is 43.2 Å². The van der Waals surface area contributed by atoms with Crippen LogP contribution >= 0.6 is 15.6 Å². The Hall–Kier alpha value is -1.94. The Bertz CT molecular complexity index is 1860. The first-order chi connectivity index (χ1) is 46.4. The van der Waals surface area contributed by atoms with E-state index in [0.29, 0.717) is 31.6 Å². The summed E-state index contributed by atoms with van der Waals surface area (Å²) in [5, 5.41) is 10.6. The fraction of sp³-hybridized carbons (Fsp3) is 0.948.